The second-order valence-corrected chi connectivity index (χ2v) is 6.03. The van der Waals surface area contributed by atoms with Gasteiger partial charge in [0.05, 0.1) is 16.5 Å². The third-order valence-electron chi connectivity index (χ3n) is 3.73. The summed E-state index contributed by atoms with van der Waals surface area (Å²) in [7, 11) is 0. The predicted octanol–water partition coefficient (Wildman–Crippen LogP) is 3.25. The molecule has 6 heteroatoms. The second kappa shape index (κ2) is 5.24. The molecule has 0 saturated heterocycles. The third kappa shape index (κ3) is 2.31. The SMILES string of the molecule is O=C(c1ccc(Br)cc1)c1c[nH]c2cc3c(cc2c1=O)OCO3. The fraction of sp³-hybridized carbons (Fsp3) is 0.0588. The van der Waals surface area contributed by atoms with Crippen LogP contribution in [0.2, 0.25) is 0 Å². The number of halogens is 1. The lowest BCUT2D eigenvalue weighted by atomic mass is 10.0. The average Bonchev–Trinajstić information content (AvgIpc) is 3.01. The highest BCUT2D eigenvalue weighted by molar-refractivity contribution is 9.10. The van der Waals surface area contributed by atoms with Crippen molar-refractivity contribution in [1.29, 1.82) is 0 Å². The highest BCUT2D eigenvalue weighted by Gasteiger charge is 2.19. The van der Waals surface area contributed by atoms with Crippen LogP contribution in [0.15, 0.2) is 51.9 Å². The van der Waals surface area contributed by atoms with Crippen molar-refractivity contribution < 1.29 is 14.3 Å². The van der Waals surface area contributed by atoms with Gasteiger partial charge in [-0.1, -0.05) is 15.9 Å². The minimum Gasteiger partial charge on any atom is -0.454 e. The molecule has 1 aliphatic heterocycles. The molecule has 2 heterocycles. The summed E-state index contributed by atoms with van der Waals surface area (Å²) in [5.41, 5.74) is 0.828. The van der Waals surface area contributed by atoms with E-state index in [1.807, 2.05) is 0 Å². The van der Waals surface area contributed by atoms with E-state index >= 15 is 0 Å². The molecule has 3 aromatic rings. The van der Waals surface area contributed by atoms with Gasteiger partial charge < -0.3 is 14.5 Å². The lowest BCUT2D eigenvalue weighted by Crippen LogP contribution is -2.16. The lowest BCUT2D eigenvalue weighted by Gasteiger charge is -2.05. The normalized spacial score (nSPS) is 12.6. The van der Waals surface area contributed by atoms with Gasteiger partial charge in [0.25, 0.3) is 0 Å². The van der Waals surface area contributed by atoms with Crippen LogP contribution in [-0.2, 0) is 0 Å². The Labute approximate surface area is 139 Å². The molecule has 0 atom stereocenters. The molecule has 0 unspecified atom stereocenters. The fourth-order valence-electron chi connectivity index (χ4n) is 2.54. The molecule has 4 rings (SSSR count). The van der Waals surface area contributed by atoms with Crippen molar-refractivity contribution in [3.63, 3.8) is 0 Å². The molecule has 114 valence electrons. The first-order valence-electron chi connectivity index (χ1n) is 6.89. The highest BCUT2D eigenvalue weighted by atomic mass is 79.9. The van der Waals surface area contributed by atoms with Crippen molar-refractivity contribution in [3.05, 3.63) is 68.4 Å². The van der Waals surface area contributed by atoms with Gasteiger partial charge in [0.1, 0.15) is 0 Å². The fourth-order valence-corrected chi connectivity index (χ4v) is 2.80. The molecule has 0 saturated carbocycles. The van der Waals surface area contributed by atoms with E-state index in [0.29, 0.717) is 28.0 Å². The highest BCUT2D eigenvalue weighted by Crippen LogP contribution is 2.34. The number of benzene rings is 2. The number of aromatic nitrogens is 1. The van der Waals surface area contributed by atoms with E-state index in [1.54, 1.807) is 36.4 Å². The Kier molecular flexibility index (Phi) is 3.20. The minimum absolute atomic E-state index is 0.0960. The third-order valence-corrected chi connectivity index (χ3v) is 4.25. The van der Waals surface area contributed by atoms with Crippen molar-refractivity contribution in [2.75, 3.05) is 6.79 Å². The number of fused-ring (bicyclic) bond motifs is 2. The number of carbonyl (C=O) groups excluding carboxylic acids is 1. The Morgan fingerprint density at radius 2 is 1.78 bits per heavy atom. The number of nitrogens with one attached hydrogen (secondary N) is 1. The van der Waals surface area contributed by atoms with E-state index in [1.165, 1.54) is 6.20 Å². The zero-order chi connectivity index (χ0) is 16.0. The van der Waals surface area contributed by atoms with Crippen LogP contribution in [-0.4, -0.2) is 17.6 Å². The Balaban J connectivity index is 1.86. The molecule has 2 aromatic carbocycles. The molecule has 0 aliphatic carbocycles. The molecule has 0 spiro atoms. The first kappa shape index (κ1) is 14.0. The van der Waals surface area contributed by atoms with Crippen LogP contribution in [0.4, 0.5) is 0 Å². The van der Waals surface area contributed by atoms with Crippen molar-refractivity contribution >= 4 is 32.6 Å². The maximum Gasteiger partial charge on any atom is 0.231 e. The van der Waals surface area contributed by atoms with Crippen LogP contribution in [0.3, 0.4) is 0 Å². The van der Waals surface area contributed by atoms with Crippen LogP contribution in [0.5, 0.6) is 11.5 Å². The van der Waals surface area contributed by atoms with Gasteiger partial charge >= 0.3 is 0 Å². The molecule has 0 bridgehead atoms. The lowest BCUT2D eigenvalue weighted by molar-refractivity contribution is 0.103. The van der Waals surface area contributed by atoms with Crippen molar-refractivity contribution in [1.82, 2.24) is 4.98 Å². The van der Waals surface area contributed by atoms with Gasteiger partial charge in [-0.3, -0.25) is 9.59 Å². The smallest absolute Gasteiger partial charge is 0.231 e. The molecular weight excluding hydrogens is 362 g/mol. The van der Waals surface area contributed by atoms with Crippen LogP contribution in [0.1, 0.15) is 15.9 Å². The quantitative estimate of drug-likeness (QED) is 0.702. The zero-order valence-electron chi connectivity index (χ0n) is 11.8. The van der Waals surface area contributed by atoms with Gasteiger partial charge in [0.15, 0.2) is 17.3 Å². The van der Waals surface area contributed by atoms with Crippen LogP contribution in [0.25, 0.3) is 10.9 Å². The van der Waals surface area contributed by atoms with E-state index in [2.05, 4.69) is 20.9 Å². The Bertz CT molecular complexity index is 992. The molecule has 1 aromatic heterocycles. The van der Waals surface area contributed by atoms with Gasteiger partial charge in [-0.05, 0) is 30.3 Å². The van der Waals surface area contributed by atoms with Gasteiger partial charge in [0, 0.05) is 22.3 Å². The van der Waals surface area contributed by atoms with E-state index in [9.17, 15) is 9.59 Å². The van der Waals surface area contributed by atoms with Crippen molar-refractivity contribution in [2.24, 2.45) is 0 Å². The molecule has 1 aliphatic rings. The number of H-pyrrole nitrogens is 1. The minimum atomic E-state index is -0.329. The number of rotatable bonds is 2. The molecule has 0 amide bonds. The van der Waals surface area contributed by atoms with Gasteiger partial charge in [-0.15, -0.1) is 0 Å². The first-order chi connectivity index (χ1) is 11.1. The van der Waals surface area contributed by atoms with Gasteiger partial charge in [-0.25, -0.2) is 0 Å². The van der Waals surface area contributed by atoms with E-state index < -0.39 is 0 Å². The molecule has 0 radical (unpaired) electrons. The number of aromatic amines is 1. The summed E-state index contributed by atoms with van der Waals surface area (Å²) in [6.45, 7) is 0.129. The predicted molar refractivity (Wildman–Crippen MR) is 88.3 cm³/mol. The van der Waals surface area contributed by atoms with Crippen molar-refractivity contribution in [2.45, 2.75) is 0 Å². The summed E-state index contributed by atoms with van der Waals surface area (Å²) in [5, 5.41) is 0.400. The van der Waals surface area contributed by atoms with Gasteiger partial charge in [0.2, 0.25) is 12.2 Å². The molecule has 1 N–H and O–H groups in total. The number of hydrogen-bond donors (Lipinski definition) is 1. The number of ketones is 1. The summed E-state index contributed by atoms with van der Waals surface area (Å²) in [4.78, 5) is 28.2. The summed E-state index contributed by atoms with van der Waals surface area (Å²) >= 11 is 3.32. The van der Waals surface area contributed by atoms with Crippen LogP contribution >= 0.6 is 15.9 Å². The zero-order valence-corrected chi connectivity index (χ0v) is 13.3. The summed E-state index contributed by atoms with van der Waals surface area (Å²) in [6, 6.07) is 10.2. The number of carbonyl (C=O) groups is 1. The standard InChI is InChI=1S/C17H10BrNO4/c18-10-3-1-9(2-4-10)16(20)12-7-19-13-6-15-14(22-8-23-15)5-11(13)17(12)21/h1-7H,8H2,(H,19,21). The van der Waals surface area contributed by atoms with Crippen molar-refractivity contribution in [3.8, 4) is 11.5 Å². The average molecular weight is 372 g/mol. The van der Waals surface area contributed by atoms with Gasteiger partial charge in [-0.2, -0.15) is 0 Å². The van der Waals surface area contributed by atoms with Crippen LogP contribution in [0, 0.1) is 0 Å². The maximum absolute atomic E-state index is 12.7. The monoisotopic (exact) mass is 371 g/mol. The summed E-state index contributed by atoms with van der Waals surface area (Å²) in [5.74, 6) is 0.773. The van der Waals surface area contributed by atoms with E-state index in [0.717, 1.165) is 4.47 Å². The summed E-state index contributed by atoms with van der Waals surface area (Å²) < 4.78 is 11.5. The summed E-state index contributed by atoms with van der Waals surface area (Å²) in [6.07, 6.45) is 1.44. The number of pyridine rings is 1. The largest absolute Gasteiger partial charge is 0.454 e. The Morgan fingerprint density at radius 3 is 2.52 bits per heavy atom. The van der Waals surface area contributed by atoms with E-state index in [4.69, 9.17) is 9.47 Å². The van der Waals surface area contributed by atoms with E-state index in [-0.39, 0.29) is 23.6 Å². The first-order valence-corrected chi connectivity index (χ1v) is 7.68. The molecule has 23 heavy (non-hydrogen) atoms. The maximum atomic E-state index is 12.7. The Morgan fingerprint density at radius 1 is 1.09 bits per heavy atom. The number of ether oxygens (including phenoxy) is 2. The molecule has 5 nitrogen and oxygen atoms in total. The molecule has 0 fully saturated rings. The van der Waals surface area contributed by atoms with Crippen LogP contribution < -0.4 is 14.9 Å². The molecular formula is C17H10BrNO4. The number of hydrogen-bond acceptors (Lipinski definition) is 4. The second-order valence-electron chi connectivity index (χ2n) is 5.12. The Hall–Kier alpha value is -2.60. The topological polar surface area (TPSA) is 68.4 Å².